The molecule has 0 spiro atoms. The summed E-state index contributed by atoms with van der Waals surface area (Å²) >= 11 is 0. The molecule has 1 atom stereocenters. The average molecular weight is 314 g/mol. The third-order valence-electron chi connectivity index (χ3n) is 4.10. The summed E-state index contributed by atoms with van der Waals surface area (Å²) in [5, 5.41) is 5.91. The van der Waals surface area contributed by atoms with E-state index in [1.54, 1.807) is 0 Å². The zero-order chi connectivity index (χ0) is 16.7. The zero-order valence-corrected chi connectivity index (χ0v) is 14.0. The highest BCUT2D eigenvalue weighted by atomic mass is 16.2. The predicted octanol–water partition coefficient (Wildman–Crippen LogP) is 4.42. The van der Waals surface area contributed by atoms with Crippen LogP contribution in [0, 0.1) is 12.8 Å². The van der Waals surface area contributed by atoms with Crippen LogP contribution >= 0.6 is 0 Å². The van der Waals surface area contributed by atoms with Gasteiger partial charge in [-0.05, 0) is 50.3 Å². The van der Waals surface area contributed by atoms with Gasteiger partial charge in [-0.2, -0.15) is 0 Å². The Morgan fingerprint density at radius 1 is 1.17 bits per heavy atom. The van der Waals surface area contributed by atoms with Crippen LogP contribution in [0.25, 0.3) is 0 Å². The minimum atomic E-state index is -0.00759. The summed E-state index contributed by atoms with van der Waals surface area (Å²) in [6.07, 6.45) is 9.17. The second-order valence-electron chi connectivity index (χ2n) is 6.17. The SMILES string of the molecule is CCCCC(=O)Nc1ccc(C)cc1NC(=O)[C@H]1CC=CCC1. The van der Waals surface area contributed by atoms with Crippen LogP contribution < -0.4 is 10.6 Å². The molecule has 0 saturated carbocycles. The normalized spacial score (nSPS) is 16.9. The van der Waals surface area contributed by atoms with Crippen molar-refractivity contribution in [1.29, 1.82) is 0 Å². The quantitative estimate of drug-likeness (QED) is 0.764. The lowest BCUT2D eigenvalue weighted by Gasteiger charge is -2.19. The Labute approximate surface area is 138 Å². The van der Waals surface area contributed by atoms with E-state index >= 15 is 0 Å². The molecule has 2 amide bonds. The minimum Gasteiger partial charge on any atom is -0.324 e. The van der Waals surface area contributed by atoms with Gasteiger partial charge in [-0.25, -0.2) is 0 Å². The van der Waals surface area contributed by atoms with Gasteiger partial charge in [0, 0.05) is 12.3 Å². The minimum absolute atomic E-state index is 0.00759. The number of benzene rings is 1. The highest BCUT2D eigenvalue weighted by Crippen LogP contribution is 2.26. The first kappa shape index (κ1) is 17.3. The van der Waals surface area contributed by atoms with Crippen molar-refractivity contribution in [2.45, 2.75) is 52.4 Å². The fourth-order valence-corrected chi connectivity index (χ4v) is 2.69. The van der Waals surface area contributed by atoms with Crippen molar-refractivity contribution in [1.82, 2.24) is 0 Å². The number of rotatable bonds is 6. The van der Waals surface area contributed by atoms with Gasteiger partial charge in [-0.15, -0.1) is 0 Å². The number of nitrogens with one attached hydrogen (secondary N) is 2. The zero-order valence-electron chi connectivity index (χ0n) is 14.0. The van der Waals surface area contributed by atoms with Crippen molar-refractivity contribution in [3.8, 4) is 0 Å². The van der Waals surface area contributed by atoms with Crippen LogP contribution in [0.15, 0.2) is 30.4 Å². The molecule has 2 N–H and O–H groups in total. The van der Waals surface area contributed by atoms with Gasteiger partial charge in [0.25, 0.3) is 0 Å². The Hall–Kier alpha value is -2.10. The molecule has 1 aliphatic carbocycles. The molecule has 2 rings (SSSR count). The van der Waals surface area contributed by atoms with Crippen LogP contribution in [0.3, 0.4) is 0 Å². The Bertz CT molecular complexity index is 593. The Morgan fingerprint density at radius 3 is 2.70 bits per heavy atom. The van der Waals surface area contributed by atoms with E-state index < -0.39 is 0 Å². The molecule has 23 heavy (non-hydrogen) atoms. The number of carbonyl (C=O) groups is 2. The molecule has 0 aliphatic heterocycles. The maximum Gasteiger partial charge on any atom is 0.227 e. The number of anilines is 2. The summed E-state index contributed by atoms with van der Waals surface area (Å²) in [5.74, 6) is 0.0416. The highest BCUT2D eigenvalue weighted by molar-refractivity contribution is 6.00. The standard InChI is InChI=1S/C19H26N2O2/c1-3-4-10-18(22)20-16-12-11-14(2)13-17(16)21-19(23)15-8-6-5-7-9-15/h5-6,11-13,15H,3-4,7-10H2,1-2H3,(H,20,22)(H,21,23)/t15-/m0/s1. The van der Waals surface area contributed by atoms with E-state index in [-0.39, 0.29) is 17.7 Å². The first-order valence-corrected chi connectivity index (χ1v) is 8.46. The highest BCUT2D eigenvalue weighted by Gasteiger charge is 2.20. The molecule has 1 aromatic rings. The van der Waals surface area contributed by atoms with Crippen LogP contribution in [0.5, 0.6) is 0 Å². The fourth-order valence-electron chi connectivity index (χ4n) is 2.69. The van der Waals surface area contributed by atoms with Gasteiger partial charge in [-0.3, -0.25) is 9.59 Å². The van der Waals surface area contributed by atoms with E-state index in [1.165, 1.54) is 0 Å². The summed E-state index contributed by atoms with van der Waals surface area (Å²) in [5.41, 5.74) is 2.42. The molecule has 4 heteroatoms. The van der Waals surface area contributed by atoms with Crippen molar-refractivity contribution in [3.05, 3.63) is 35.9 Å². The van der Waals surface area contributed by atoms with Gasteiger partial charge in [0.05, 0.1) is 11.4 Å². The molecule has 0 heterocycles. The van der Waals surface area contributed by atoms with Crippen molar-refractivity contribution in [2.75, 3.05) is 10.6 Å². The fraction of sp³-hybridized carbons (Fsp3) is 0.474. The lowest BCUT2D eigenvalue weighted by molar-refractivity contribution is -0.120. The van der Waals surface area contributed by atoms with Crippen LogP contribution in [-0.2, 0) is 9.59 Å². The third kappa shape index (κ3) is 5.23. The van der Waals surface area contributed by atoms with E-state index in [0.717, 1.165) is 37.7 Å². The van der Waals surface area contributed by atoms with Crippen LogP contribution in [0.1, 0.15) is 51.0 Å². The number of aryl methyl sites for hydroxylation is 1. The molecule has 0 radical (unpaired) electrons. The topological polar surface area (TPSA) is 58.2 Å². The second kappa shape index (κ2) is 8.51. The van der Waals surface area contributed by atoms with Crippen molar-refractivity contribution >= 4 is 23.2 Å². The second-order valence-corrected chi connectivity index (χ2v) is 6.17. The van der Waals surface area contributed by atoms with Gasteiger partial charge < -0.3 is 10.6 Å². The number of hydrogen-bond donors (Lipinski definition) is 2. The smallest absolute Gasteiger partial charge is 0.227 e. The molecular formula is C19H26N2O2. The lowest BCUT2D eigenvalue weighted by Crippen LogP contribution is -2.24. The molecule has 0 fully saturated rings. The number of hydrogen-bond acceptors (Lipinski definition) is 2. The largest absolute Gasteiger partial charge is 0.324 e. The Kier molecular flexibility index (Phi) is 6.39. The molecular weight excluding hydrogens is 288 g/mol. The number of amides is 2. The summed E-state index contributed by atoms with van der Waals surface area (Å²) < 4.78 is 0. The van der Waals surface area contributed by atoms with Crippen LogP contribution in [0.4, 0.5) is 11.4 Å². The number of unbranched alkanes of at least 4 members (excludes halogenated alkanes) is 1. The molecule has 124 valence electrons. The summed E-state index contributed by atoms with van der Waals surface area (Å²) in [6.45, 7) is 4.03. The van der Waals surface area contributed by atoms with E-state index in [0.29, 0.717) is 17.8 Å². The molecule has 0 saturated heterocycles. The predicted molar refractivity (Wildman–Crippen MR) is 94.4 cm³/mol. The first-order valence-electron chi connectivity index (χ1n) is 8.46. The monoisotopic (exact) mass is 314 g/mol. The summed E-state index contributed by atoms with van der Waals surface area (Å²) in [6, 6.07) is 5.70. The number of carbonyl (C=O) groups excluding carboxylic acids is 2. The van der Waals surface area contributed by atoms with Crippen molar-refractivity contribution in [3.63, 3.8) is 0 Å². The molecule has 0 aromatic heterocycles. The number of allylic oxidation sites excluding steroid dienone is 2. The van der Waals surface area contributed by atoms with E-state index in [9.17, 15) is 9.59 Å². The molecule has 0 bridgehead atoms. The third-order valence-corrected chi connectivity index (χ3v) is 4.10. The van der Waals surface area contributed by atoms with Gasteiger partial charge in [0.1, 0.15) is 0 Å². The van der Waals surface area contributed by atoms with E-state index in [1.807, 2.05) is 25.1 Å². The first-order chi connectivity index (χ1) is 11.1. The maximum absolute atomic E-state index is 12.4. The molecule has 4 nitrogen and oxygen atoms in total. The molecule has 1 aliphatic rings. The summed E-state index contributed by atoms with van der Waals surface area (Å²) in [4.78, 5) is 24.4. The van der Waals surface area contributed by atoms with Crippen LogP contribution in [-0.4, -0.2) is 11.8 Å². The van der Waals surface area contributed by atoms with Crippen LogP contribution in [0.2, 0.25) is 0 Å². The van der Waals surface area contributed by atoms with Gasteiger partial charge in [0.15, 0.2) is 0 Å². The Balaban J connectivity index is 2.07. The molecule has 1 aromatic carbocycles. The maximum atomic E-state index is 12.4. The van der Waals surface area contributed by atoms with Gasteiger partial charge in [-0.1, -0.05) is 31.6 Å². The lowest BCUT2D eigenvalue weighted by atomic mass is 9.93. The molecule has 0 unspecified atom stereocenters. The van der Waals surface area contributed by atoms with Gasteiger partial charge >= 0.3 is 0 Å². The Morgan fingerprint density at radius 2 is 2.00 bits per heavy atom. The average Bonchev–Trinajstić information content (AvgIpc) is 2.56. The van der Waals surface area contributed by atoms with Gasteiger partial charge in [0.2, 0.25) is 11.8 Å². The van der Waals surface area contributed by atoms with Crippen molar-refractivity contribution in [2.24, 2.45) is 5.92 Å². The summed E-state index contributed by atoms with van der Waals surface area (Å²) in [7, 11) is 0. The van der Waals surface area contributed by atoms with E-state index in [2.05, 4.69) is 29.7 Å². The van der Waals surface area contributed by atoms with E-state index in [4.69, 9.17) is 0 Å². The van der Waals surface area contributed by atoms with Crippen molar-refractivity contribution < 1.29 is 9.59 Å².